The zero-order chi connectivity index (χ0) is 9.42. The van der Waals surface area contributed by atoms with Gasteiger partial charge in [-0.3, -0.25) is 0 Å². The minimum atomic E-state index is 0.665. The zero-order valence-electron chi connectivity index (χ0n) is 7.48. The van der Waals surface area contributed by atoms with Crippen LogP contribution in [0, 0.1) is 4.77 Å². The third kappa shape index (κ3) is 1.21. The summed E-state index contributed by atoms with van der Waals surface area (Å²) in [7, 11) is 3.86. The minimum Gasteiger partial charge on any atom is -0.328 e. The Balaban J connectivity index is 2.87. The molecule has 0 saturated heterocycles. The molecular weight excluding hydrogens is 184 g/mol. The molecule has 2 aromatic heterocycles. The van der Waals surface area contributed by atoms with Crippen molar-refractivity contribution in [2.45, 2.75) is 0 Å². The molecule has 0 amide bonds. The van der Waals surface area contributed by atoms with E-state index in [1.54, 1.807) is 6.20 Å². The number of H-pyrrole nitrogens is 1. The maximum atomic E-state index is 5.15. The fourth-order valence-corrected chi connectivity index (χ4v) is 1.66. The third-order valence-corrected chi connectivity index (χ3v) is 2.10. The number of aromatic nitrogens is 3. The first-order valence-corrected chi connectivity index (χ1v) is 4.34. The largest absolute Gasteiger partial charge is 0.328 e. The van der Waals surface area contributed by atoms with E-state index in [0.29, 0.717) is 4.77 Å². The van der Waals surface area contributed by atoms with E-state index in [9.17, 15) is 0 Å². The molecule has 0 saturated carbocycles. The van der Waals surface area contributed by atoms with Crippen molar-refractivity contribution in [2.75, 3.05) is 19.1 Å². The van der Waals surface area contributed by atoms with Gasteiger partial charge < -0.3 is 9.99 Å². The lowest BCUT2D eigenvalue weighted by molar-refractivity contribution is 0.735. The number of imidazole rings is 1. The van der Waals surface area contributed by atoms with Crippen LogP contribution in [0.4, 0.5) is 0 Å². The van der Waals surface area contributed by atoms with Gasteiger partial charge in [0.2, 0.25) is 0 Å². The Labute approximate surface area is 80.8 Å². The molecule has 0 atom stereocenters. The number of aromatic amines is 1. The standard InChI is InChI=1S/C8H10N4S/c1-11(2)12-7-6(10-8(12)13)4-3-5-9-7/h3-5H,1-2H3,(H,10,13). The molecule has 13 heavy (non-hydrogen) atoms. The number of fused-ring (bicyclic) bond motifs is 1. The first kappa shape index (κ1) is 8.25. The first-order valence-electron chi connectivity index (χ1n) is 3.93. The highest BCUT2D eigenvalue weighted by Crippen LogP contribution is 2.09. The fourth-order valence-electron chi connectivity index (χ4n) is 1.30. The second kappa shape index (κ2) is 2.85. The van der Waals surface area contributed by atoms with Crippen molar-refractivity contribution in [1.82, 2.24) is 14.6 Å². The van der Waals surface area contributed by atoms with Gasteiger partial charge in [-0.15, -0.1) is 0 Å². The maximum absolute atomic E-state index is 5.15. The molecule has 2 heterocycles. The van der Waals surface area contributed by atoms with Crippen LogP contribution in [0.2, 0.25) is 0 Å². The zero-order valence-corrected chi connectivity index (χ0v) is 8.30. The van der Waals surface area contributed by atoms with Crippen molar-refractivity contribution in [3.05, 3.63) is 23.1 Å². The molecule has 68 valence electrons. The topological polar surface area (TPSA) is 36.9 Å². The highest BCUT2D eigenvalue weighted by Gasteiger charge is 2.04. The van der Waals surface area contributed by atoms with E-state index in [0.717, 1.165) is 11.2 Å². The summed E-state index contributed by atoms with van der Waals surface area (Å²) in [5.74, 6) is 0. The van der Waals surface area contributed by atoms with Gasteiger partial charge in [-0.1, -0.05) is 0 Å². The van der Waals surface area contributed by atoms with Crippen LogP contribution in [0.1, 0.15) is 0 Å². The number of nitrogens with one attached hydrogen (secondary N) is 1. The van der Waals surface area contributed by atoms with Gasteiger partial charge in [0.15, 0.2) is 10.4 Å². The van der Waals surface area contributed by atoms with Gasteiger partial charge in [0.1, 0.15) is 0 Å². The Morgan fingerprint density at radius 1 is 1.54 bits per heavy atom. The molecule has 0 aliphatic heterocycles. The molecule has 0 bridgehead atoms. The van der Waals surface area contributed by atoms with Crippen LogP contribution >= 0.6 is 12.2 Å². The molecule has 5 heteroatoms. The van der Waals surface area contributed by atoms with Crippen LogP contribution in [-0.4, -0.2) is 28.7 Å². The summed E-state index contributed by atoms with van der Waals surface area (Å²) in [6.07, 6.45) is 1.75. The summed E-state index contributed by atoms with van der Waals surface area (Å²) in [6, 6.07) is 3.84. The van der Waals surface area contributed by atoms with E-state index in [2.05, 4.69) is 9.97 Å². The molecule has 0 fully saturated rings. The van der Waals surface area contributed by atoms with Gasteiger partial charge in [-0.05, 0) is 24.4 Å². The molecule has 0 aromatic carbocycles. The lowest BCUT2D eigenvalue weighted by Crippen LogP contribution is -2.24. The normalized spacial score (nSPS) is 10.6. The molecule has 0 unspecified atom stereocenters. The molecule has 0 radical (unpaired) electrons. The van der Waals surface area contributed by atoms with E-state index in [1.807, 2.05) is 35.9 Å². The van der Waals surface area contributed by atoms with Crippen LogP contribution in [-0.2, 0) is 0 Å². The summed E-state index contributed by atoms with van der Waals surface area (Å²) < 4.78 is 2.52. The summed E-state index contributed by atoms with van der Waals surface area (Å²) >= 11 is 5.15. The SMILES string of the molecule is CN(C)n1c(=S)[nH]c2cccnc21. The molecule has 0 aliphatic rings. The smallest absolute Gasteiger partial charge is 0.198 e. The summed E-state index contributed by atoms with van der Waals surface area (Å²) in [5, 5.41) is 1.90. The maximum Gasteiger partial charge on any atom is 0.198 e. The van der Waals surface area contributed by atoms with Crippen LogP contribution in [0.15, 0.2) is 18.3 Å². The molecule has 2 aromatic rings. The highest BCUT2D eigenvalue weighted by molar-refractivity contribution is 7.71. The second-order valence-corrected chi connectivity index (χ2v) is 3.35. The molecule has 0 aliphatic carbocycles. The Bertz CT molecular complexity index is 482. The highest BCUT2D eigenvalue weighted by atomic mass is 32.1. The Morgan fingerprint density at radius 3 is 3.00 bits per heavy atom. The van der Waals surface area contributed by atoms with E-state index >= 15 is 0 Å². The van der Waals surface area contributed by atoms with Crippen molar-refractivity contribution < 1.29 is 0 Å². The van der Waals surface area contributed by atoms with E-state index in [-0.39, 0.29) is 0 Å². The Kier molecular flexibility index (Phi) is 1.81. The molecule has 1 N–H and O–H groups in total. The van der Waals surface area contributed by atoms with Gasteiger partial charge in [0.25, 0.3) is 0 Å². The average Bonchev–Trinajstić information content (AvgIpc) is 2.39. The van der Waals surface area contributed by atoms with Crippen LogP contribution < -0.4 is 5.01 Å². The van der Waals surface area contributed by atoms with E-state index in [1.165, 1.54) is 0 Å². The third-order valence-electron chi connectivity index (χ3n) is 1.82. The van der Waals surface area contributed by atoms with Crippen LogP contribution in [0.25, 0.3) is 11.2 Å². The summed E-state index contributed by atoms with van der Waals surface area (Å²) in [5.41, 5.74) is 1.82. The first-order chi connectivity index (χ1) is 6.20. The number of pyridine rings is 1. The lowest BCUT2D eigenvalue weighted by atomic mass is 10.4. The molecular formula is C8H10N4S. The van der Waals surface area contributed by atoms with Gasteiger partial charge in [0.05, 0.1) is 5.52 Å². The number of hydrogen-bond donors (Lipinski definition) is 1. The number of nitrogens with zero attached hydrogens (tertiary/aromatic N) is 3. The van der Waals surface area contributed by atoms with Gasteiger partial charge >= 0.3 is 0 Å². The molecule has 4 nitrogen and oxygen atoms in total. The quantitative estimate of drug-likeness (QED) is 0.695. The van der Waals surface area contributed by atoms with E-state index in [4.69, 9.17) is 12.2 Å². The van der Waals surface area contributed by atoms with Crippen molar-refractivity contribution in [3.8, 4) is 0 Å². The summed E-state index contributed by atoms with van der Waals surface area (Å²) in [6.45, 7) is 0. The van der Waals surface area contributed by atoms with Gasteiger partial charge in [-0.25, -0.2) is 9.66 Å². The number of hydrogen-bond acceptors (Lipinski definition) is 3. The van der Waals surface area contributed by atoms with Crippen molar-refractivity contribution in [2.24, 2.45) is 0 Å². The molecule has 2 rings (SSSR count). The predicted molar refractivity (Wildman–Crippen MR) is 55.0 cm³/mol. The Hall–Kier alpha value is -1.36. The minimum absolute atomic E-state index is 0.665. The fraction of sp³-hybridized carbons (Fsp3) is 0.250. The monoisotopic (exact) mass is 194 g/mol. The van der Waals surface area contributed by atoms with Crippen molar-refractivity contribution in [1.29, 1.82) is 0 Å². The van der Waals surface area contributed by atoms with Crippen molar-refractivity contribution >= 4 is 23.4 Å². The van der Waals surface area contributed by atoms with Crippen LogP contribution in [0.3, 0.4) is 0 Å². The van der Waals surface area contributed by atoms with Gasteiger partial charge in [0, 0.05) is 20.3 Å². The average molecular weight is 194 g/mol. The summed E-state index contributed by atoms with van der Waals surface area (Å²) in [4.78, 5) is 7.33. The number of rotatable bonds is 1. The van der Waals surface area contributed by atoms with Gasteiger partial charge in [-0.2, -0.15) is 0 Å². The predicted octanol–water partition coefficient (Wildman–Crippen LogP) is 1.29. The second-order valence-electron chi connectivity index (χ2n) is 2.96. The molecule has 0 spiro atoms. The van der Waals surface area contributed by atoms with Crippen molar-refractivity contribution in [3.63, 3.8) is 0 Å². The lowest BCUT2D eigenvalue weighted by Gasteiger charge is -2.13. The van der Waals surface area contributed by atoms with Crippen LogP contribution in [0.5, 0.6) is 0 Å². The van der Waals surface area contributed by atoms with E-state index < -0.39 is 0 Å². The Morgan fingerprint density at radius 2 is 2.31 bits per heavy atom.